The zero-order chi connectivity index (χ0) is 11.2. The Balaban J connectivity index is 2.98. The van der Waals surface area contributed by atoms with E-state index >= 15 is 0 Å². The molecule has 0 saturated heterocycles. The Morgan fingerprint density at radius 3 is 2.73 bits per heavy atom. The van der Waals surface area contributed by atoms with Gasteiger partial charge in [0.05, 0.1) is 5.52 Å². The largest absolute Gasteiger partial charge is 0.338 e. The lowest BCUT2D eigenvalue weighted by molar-refractivity contribution is 0.575. The van der Waals surface area contributed by atoms with Crippen LogP contribution < -0.4 is 5.69 Å². The van der Waals surface area contributed by atoms with Gasteiger partial charge in [-0.3, -0.25) is 0 Å². The molecule has 0 fully saturated rings. The summed E-state index contributed by atoms with van der Waals surface area (Å²) < 4.78 is 39.4. The number of nitrogens with one attached hydrogen (secondary N) is 1. The predicted molar refractivity (Wildman–Crippen MR) is 51.3 cm³/mol. The molecule has 0 aliphatic rings. The van der Waals surface area contributed by atoms with Crippen molar-refractivity contribution in [2.45, 2.75) is 6.92 Å². The second-order valence-electron chi connectivity index (χ2n) is 2.99. The van der Waals surface area contributed by atoms with E-state index in [1.165, 1.54) is 6.92 Å². The molecule has 1 aromatic carbocycles. The second kappa shape index (κ2) is 3.34. The van der Waals surface area contributed by atoms with E-state index in [9.17, 15) is 17.5 Å². The zero-order valence-corrected chi connectivity index (χ0v) is 8.29. The third-order valence-electron chi connectivity index (χ3n) is 2.13. The molecule has 0 unspecified atom stereocenters. The van der Waals surface area contributed by atoms with Gasteiger partial charge in [-0.05, 0) is 6.92 Å². The van der Waals surface area contributed by atoms with Crippen molar-refractivity contribution in [1.82, 2.24) is 8.96 Å². The number of rotatable bonds is 1. The minimum atomic E-state index is -0.880. The first-order chi connectivity index (χ1) is 7.06. The standard InChI is InChI=1S/C8H5F3N2OS/c1-3-4(9)2-5-7(6(3)10)12-8(14)13(5)15-11/h2H,1H3,(H,12,14). The molecule has 80 valence electrons. The van der Waals surface area contributed by atoms with Crippen LogP contribution in [0, 0.1) is 18.6 Å². The summed E-state index contributed by atoms with van der Waals surface area (Å²) in [4.78, 5) is 13.2. The monoisotopic (exact) mass is 234 g/mol. The van der Waals surface area contributed by atoms with E-state index in [1.54, 1.807) is 0 Å². The minimum Gasteiger partial charge on any atom is -0.302 e. The molecule has 0 aliphatic carbocycles. The summed E-state index contributed by atoms with van der Waals surface area (Å²) in [6.07, 6.45) is 0. The Bertz CT molecular complexity index is 590. The van der Waals surface area contributed by atoms with Crippen LogP contribution in [0.2, 0.25) is 0 Å². The van der Waals surface area contributed by atoms with Gasteiger partial charge in [0.2, 0.25) is 0 Å². The van der Waals surface area contributed by atoms with Gasteiger partial charge in [-0.2, -0.15) is 0 Å². The highest BCUT2D eigenvalue weighted by molar-refractivity contribution is 7.92. The molecule has 0 atom stereocenters. The van der Waals surface area contributed by atoms with E-state index in [2.05, 4.69) is 4.98 Å². The Morgan fingerprint density at radius 2 is 2.13 bits per heavy atom. The molecule has 15 heavy (non-hydrogen) atoms. The number of benzene rings is 1. The molecule has 0 bridgehead atoms. The van der Waals surface area contributed by atoms with Crippen LogP contribution in [0.1, 0.15) is 5.56 Å². The zero-order valence-electron chi connectivity index (χ0n) is 7.47. The van der Waals surface area contributed by atoms with Crippen LogP contribution in [0.4, 0.5) is 12.7 Å². The number of hydrogen-bond donors (Lipinski definition) is 1. The lowest BCUT2D eigenvalue weighted by atomic mass is 10.2. The van der Waals surface area contributed by atoms with Crippen LogP contribution in [0.3, 0.4) is 0 Å². The summed E-state index contributed by atoms with van der Waals surface area (Å²) >= 11 is -0.406. The molecule has 3 nitrogen and oxygen atoms in total. The van der Waals surface area contributed by atoms with E-state index in [1.807, 2.05) is 0 Å². The highest BCUT2D eigenvalue weighted by Gasteiger charge is 2.16. The first kappa shape index (κ1) is 10.2. The number of hydrogen-bond acceptors (Lipinski definition) is 2. The number of H-pyrrole nitrogens is 1. The van der Waals surface area contributed by atoms with Gasteiger partial charge in [0.15, 0.2) is 18.2 Å². The van der Waals surface area contributed by atoms with Crippen LogP contribution in [-0.2, 0) is 0 Å². The predicted octanol–water partition coefficient (Wildman–Crippen LogP) is 2.30. The van der Waals surface area contributed by atoms with Crippen molar-refractivity contribution in [2.75, 3.05) is 0 Å². The number of halogens is 3. The van der Waals surface area contributed by atoms with Crippen molar-refractivity contribution >= 4 is 23.4 Å². The van der Waals surface area contributed by atoms with Gasteiger partial charge in [-0.15, -0.1) is 3.89 Å². The van der Waals surface area contributed by atoms with Gasteiger partial charge < -0.3 is 4.98 Å². The number of aromatic amines is 1. The van der Waals surface area contributed by atoms with Crippen molar-refractivity contribution < 1.29 is 12.7 Å². The molecular formula is C8H5F3N2OS. The number of fused-ring (bicyclic) bond motifs is 1. The third kappa shape index (κ3) is 1.34. The summed E-state index contributed by atoms with van der Waals surface area (Å²) in [6.45, 7) is 1.24. The highest BCUT2D eigenvalue weighted by atomic mass is 32.2. The van der Waals surface area contributed by atoms with Gasteiger partial charge in [-0.1, -0.05) is 0 Å². The molecule has 0 radical (unpaired) electrons. The van der Waals surface area contributed by atoms with Crippen LogP contribution >= 0.6 is 12.3 Å². The van der Waals surface area contributed by atoms with E-state index < -0.39 is 29.7 Å². The molecule has 2 aromatic rings. The van der Waals surface area contributed by atoms with Crippen LogP contribution in [0.15, 0.2) is 10.9 Å². The molecule has 2 rings (SSSR count). The molecule has 0 aliphatic heterocycles. The van der Waals surface area contributed by atoms with Crippen LogP contribution in [0.5, 0.6) is 0 Å². The quantitative estimate of drug-likeness (QED) is 0.822. The van der Waals surface area contributed by atoms with Crippen molar-refractivity contribution in [3.05, 3.63) is 33.7 Å². The minimum absolute atomic E-state index is 0.145. The summed E-state index contributed by atoms with van der Waals surface area (Å²) in [7, 11) is 0. The molecule has 1 aromatic heterocycles. The van der Waals surface area contributed by atoms with Crippen molar-refractivity contribution in [2.24, 2.45) is 0 Å². The van der Waals surface area contributed by atoms with Gasteiger partial charge in [-0.25, -0.2) is 17.5 Å². The molecule has 1 N–H and O–H groups in total. The van der Waals surface area contributed by atoms with Crippen LogP contribution in [0.25, 0.3) is 11.0 Å². The third-order valence-corrected chi connectivity index (χ3v) is 2.63. The van der Waals surface area contributed by atoms with Gasteiger partial charge in [0, 0.05) is 11.6 Å². The molecule has 1 heterocycles. The van der Waals surface area contributed by atoms with Crippen LogP contribution in [-0.4, -0.2) is 8.96 Å². The average Bonchev–Trinajstić information content (AvgIpc) is 2.51. The maximum Gasteiger partial charge on any atom is 0.338 e. The van der Waals surface area contributed by atoms with Gasteiger partial charge in [0.25, 0.3) is 0 Å². The van der Waals surface area contributed by atoms with Gasteiger partial charge in [0.1, 0.15) is 11.3 Å². The van der Waals surface area contributed by atoms with Crippen molar-refractivity contribution in [3.63, 3.8) is 0 Å². The topological polar surface area (TPSA) is 37.8 Å². The maximum absolute atomic E-state index is 13.4. The Hall–Kier alpha value is -1.37. The number of aromatic nitrogens is 2. The van der Waals surface area contributed by atoms with Gasteiger partial charge >= 0.3 is 5.69 Å². The molecule has 0 amide bonds. The lowest BCUT2D eigenvalue weighted by Gasteiger charge is -2.00. The molecule has 0 saturated carbocycles. The summed E-state index contributed by atoms with van der Waals surface area (Å²) in [5.74, 6) is -1.70. The Kier molecular flexibility index (Phi) is 2.26. The smallest absolute Gasteiger partial charge is 0.302 e. The molecule has 7 heteroatoms. The summed E-state index contributed by atoms with van der Waals surface area (Å²) in [6, 6.07) is 0.915. The summed E-state index contributed by atoms with van der Waals surface area (Å²) in [5, 5.41) is 0. The summed E-state index contributed by atoms with van der Waals surface area (Å²) in [5.41, 5.74) is -1.38. The fraction of sp³-hybridized carbons (Fsp3) is 0.125. The second-order valence-corrected chi connectivity index (χ2v) is 3.49. The Labute approximate surface area is 86.3 Å². The normalized spacial score (nSPS) is 11.2. The van der Waals surface area contributed by atoms with Crippen molar-refractivity contribution in [3.8, 4) is 0 Å². The van der Waals surface area contributed by atoms with Crippen molar-refractivity contribution in [1.29, 1.82) is 0 Å². The average molecular weight is 234 g/mol. The number of nitrogens with zero attached hydrogens (tertiary/aromatic N) is 1. The SMILES string of the molecule is Cc1c(F)cc2c([nH]c(=O)n2SF)c1F. The number of imidazole rings is 1. The molecule has 0 spiro atoms. The molecular weight excluding hydrogens is 229 g/mol. The first-order valence-electron chi connectivity index (χ1n) is 3.94. The van der Waals surface area contributed by atoms with E-state index in [4.69, 9.17) is 0 Å². The highest BCUT2D eigenvalue weighted by Crippen LogP contribution is 2.23. The van der Waals surface area contributed by atoms with E-state index in [0.29, 0.717) is 3.97 Å². The van der Waals surface area contributed by atoms with E-state index in [0.717, 1.165) is 6.07 Å². The fourth-order valence-corrected chi connectivity index (χ4v) is 1.65. The lowest BCUT2D eigenvalue weighted by Crippen LogP contribution is -2.09. The Morgan fingerprint density at radius 1 is 1.47 bits per heavy atom. The van der Waals surface area contributed by atoms with E-state index in [-0.39, 0.29) is 16.6 Å². The fourth-order valence-electron chi connectivity index (χ4n) is 1.32. The first-order valence-corrected chi connectivity index (χ1v) is 4.62. The maximum atomic E-state index is 13.4.